The van der Waals surface area contributed by atoms with E-state index in [1.54, 1.807) is 20.2 Å². The number of aromatic nitrogens is 2. The van der Waals surface area contributed by atoms with Crippen molar-refractivity contribution in [2.75, 3.05) is 31.6 Å². The molecule has 0 aromatic carbocycles. The van der Waals surface area contributed by atoms with E-state index in [0.717, 1.165) is 13.1 Å². The topological polar surface area (TPSA) is 50.6 Å². The zero-order valence-electron chi connectivity index (χ0n) is 14.3. The van der Waals surface area contributed by atoms with Crippen LogP contribution >= 0.6 is 0 Å². The lowest BCUT2D eigenvalue weighted by Gasteiger charge is -2.47. The van der Waals surface area contributed by atoms with Crippen LogP contribution in [0.15, 0.2) is 11.0 Å². The summed E-state index contributed by atoms with van der Waals surface area (Å²) in [6, 6.07) is 0.493. The average molecular weight is 332 g/mol. The fraction of sp³-hybridized carbons (Fsp3) is 0.529. The van der Waals surface area contributed by atoms with Crippen LogP contribution < -0.4 is 15.2 Å². The van der Waals surface area contributed by atoms with E-state index in [1.807, 2.05) is 0 Å². The van der Waals surface area contributed by atoms with Crippen molar-refractivity contribution in [1.29, 1.82) is 0 Å². The Morgan fingerprint density at radius 3 is 2.83 bits per heavy atom. The molecule has 128 valence electrons. The number of likely N-dealkylation sites (N-methyl/N-ethyl adjacent to an activating group) is 1. The Labute approximate surface area is 139 Å². The summed E-state index contributed by atoms with van der Waals surface area (Å²) in [5.41, 5.74) is 0.974. The molecule has 1 saturated heterocycles. The maximum atomic E-state index is 14.7. The van der Waals surface area contributed by atoms with Crippen molar-refractivity contribution in [1.82, 2.24) is 14.5 Å². The maximum Gasteiger partial charge on any atom is 0.295 e. The van der Waals surface area contributed by atoms with Gasteiger partial charge in [0.1, 0.15) is 6.61 Å². The van der Waals surface area contributed by atoms with Gasteiger partial charge in [-0.3, -0.25) is 14.7 Å². The average Bonchev–Trinajstić information content (AvgIpc) is 2.55. The number of fused-ring (bicyclic) bond motifs is 5. The number of ether oxygens (including phenoxy) is 1. The second-order valence-electron chi connectivity index (χ2n) is 6.87. The number of anilines is 1. The molecule has 0 spiro atoms. The van der Waals surface area contributed by atoms with Crippen molar-refractivity contribution in [2.45, 2.75) is 25.9 Å². The number of aryl methyl sites for hydroxylation is 2. The molecule has 2 aliphatic rings. The Hall–Kier alpha value is -2.15. The van der Waals surface area contributed by atoms with Gasteiger partial charge in [0.2, 0.25) is 5.75 Å². The van der Waals surface area contributed by atoms with E-state index < -0.39 is 5.82 Å². The predicted octanol–water partition coefficient (Wildman–Crippen LogP) is 1.28. The Kier molecular flexibility index (Phi) is 3.32. The van der Waals surface area contributed by atoms with E-state index in [2.05, 4.69) is 28.8 Å². The predicted molar refractivity (Wildman–Crippen MR) is 90.4 cm³/mol. The first kappa shape index (κ1) is 15.4. The number of nitrogens with zero attached hydrogens (tertiary/aromatic N) is 4. The van der Waals surface area contributed by atoms with Crippen molar-refractivity contribution in [3.05, 3.63) is 28.1 Å². The van der Waals surface area contributed by atoms with Crippen molar-refractivity contribution in [3.63, 3.8) is 0 Å². The molecule has 0 bridgehead atoms. The molecule has 2 unspecified atom stereocenters. The zero-order chi connectivity index (χ0) is 17.2. The van der Waals surface area contributed by atoms with Gasteiger partial charge in [-0.25, -0.2) is 4.39 Å². The Morgan fingerprint density at radius 1 is 1.33 bits per heavy atom. The van der Waals surface area contributed by atoms with Gasteiger partial charge in [-0.05, 0) is 20.9 Å². The summed E-state index contributed by atoms with van der Waals surface area (Å²) >= 11 is 0. The van der Waals surface area contributed by atoms with Crippen molar-refractivity contribution in [2.24, 2.45) is 7.05 Å². The number of halogens is 1. The number of pyridine rings is 2. The molecule has 2 aromatic heterocycles. The lowest BCUT2D eigenvalue weighted by Crippen LogP contribution is -2.60. The molecule has 24 heavy (non-hydrogen) atoms. The van der Waals surface area contributed by atoms with Crippen LogP contribution in [-0.4, -0.2) is 53.3 Å². The van der Waals surface area contributed by atoms with E-state index in [-0.39, 0.29) is 17.3 Å². The van der Waals surface area contributed by atoms with Gasteiger partial charge in [0.15, 0.2) is 5.82 Å². The largest absolute Gasteiger partial charge is 0.484 e. The summed E-state index contributed by atoms with van der Waals surface area (Å²) in [4.78, 5) is 21.4. The van der Waals surface area contributed by atoms with Crippen molar-refractivity contribution in [3.8, 4) is 5.75 Å². The molecule has 4 rings (SSSR count). The van der Waals surface area contributed by atoms with Crippen molar-refractivity contribution < 1.29 is 9.13 Å². The number of rotatable bonds is 0. The lowest BCUT2D eigenvalue weighted by atomic mass is 10.0. The fourth-order valence-electron chi connectivity index (χ4n) is 3.74. The van der Waals surface area contributed by atoms with Crippen LogP contribution in [0.5, 0.6) is 5.75 Å². The van der Waals surface area contributed by atoms with Gasteiger partial charge >= 0.3 is 0 Å². The molecular formula is C17H21FN4O2. The van der Waals surface area contributed by atoms with Gasteiger partial charge in [0, 0.05) is 37.8 Å². The van der Waals surface area contributed by atoms with Crippen LogP contribution in [0.1, 0.15) is 12.6 Å². The van der Waals surface area contributed by atoms with E-state index >= 15 is 0 Å². The third-order valence-corrected chi connectivity index (χ3v) is 5.33. The minimum atomic E-state index is -0.445. The molecule has 7 heteroatoms. The number of hydrogen-bond donors (Lipinski definition) is 0. The standard InChI is InChI=1S/C17H21FN4O2/c1-9-6-22-11(7-20(9)3)8-24-16-15(22)12-5-19-10(2)13(18)14(12)21(4)17(16)23/h5,9,11H,6-8H2,1-4H3. The van der Waals surface area contributed by atoms with Crippen LogP contribution in [0, 0.1) is 12.7 Å². The summed E-state index contributed by atoms with van der Waals surface area (Å²) in [5, 5.41) is 0.636. The molecule has 1 fully saturated rings. The Bertz CT molecular complexity index is 895. The van der Waals surface area contributed by atoms with Crippen molar-refractivity contribution >= 4 is 16.6 Å². The third-order valence-electron chi connectivity index (χ3n) is 5.33. The van der Waals surface area contributed by atoms with Crippen LogP contribution in [0.4, 0.5) is 10.1 Å². The molecular weight excluding hydrogens is 311 g/mol. The maximum absolute atomic E-state index is 14.7. The smallest absolute Gasteiger partial charge is 0.295 e. The van der Waals surface area contributed by atoms with Gasteiger partial charge in [-0.2, -0.15) is 0 Å². The highest BCUT2D eigenvalue weighted by molar-refractivity contribution is 5.95. The molecule has 0 N–H and O–H groups in total. The summed E-state index contributed by atoms with van der Waals surface area (Å²) in [6.07, 6.45) is 1.65. The minimum Gasteiger partial charge on any atom is -0.484 e. The zero-order valence-corrected chi connectivity index (χ0v) is 14.3. The molecule has 0 radical (unpaired) electrons. The highest BCUT2D eigenvalue weighted by Gasteiger charge is 2.38. The molecule has 0 amide bonds. The first-order valence-electron chi connectivity index (χ1n) is 8.17. The van der Waals surface area contributed by atoms with E-state index in [0.29, 0.717) is 35.0 Å². The summed E-state index contributed by atoms with van der Waals surface area (Å²) in [5.74, 6) is -0.137. The van der Waals surface area contributed by atoms with Gasteiger partial charge in [-0.15, -0.1) is 0 Å². The summed E-state index contributed by atoms with van der Waals surface area (Å²) < 4.78 is 21.8. The Balaban J connectivity index is 2.03. The Morgan fingerprint density at radius 2 is 2.08 bits per heavy atom. The summed E-state index contributed by atoms with van der Waals surface area (Å²) in [7, 11) is 3.67. The molecule has 2 atom stereocenters. The lowest BCUT2D eigenvalue weighted by molar-refractivity contribution is 0.151. The summed E-state index contributed by atoms with van der Waals surface area (Å²) in [6.45, 7) is 5.84. The normalized spacial score (nSPS) is 23.8. The first-order valence-corrected chi connectivity index (χ1v) is 8.17. The number of hydrogen-bond acceptors (Lipinski definition) is 5. The molecule has 4 heterocycles. The SMILES string of the molecule is Cc1ncc2c3c(c(=O)n(C)c2c1F)OCC1CN(C)C(C)CN31. The van der Waals surface area contributed by atoms with E-state index in [1.165, 1.54) is 4.57 Å². The van der Waals surface area contributed by atoms with Crippen LogP contribution in [0.25, 0.3) is 10.9 Å². The van der Waals surface area contributed by atoms with Gasteiger partial charge in [0.05, 0.1) is 22.9 Å². The second-order valence-corrected chi connectivity index (χ2v) is 6.87. The minimum absolute atomic E-state index is 0.151. The second kappa shape index (κ2) is 5.17. The number of piperazine rings is 1. The quantitative estimate of drug-likeness (QED) is 0.727. The van der Waals surface area contributed by atoms with Crippen LogP contribution in [0.2, 0.25) is 0 Å². The highest BCUT2D eigenvalue weighted by Crippen LogP contribution is 2.39. The van der Waals surface area contributed by atoms with Crippen LogP contribution in [-0.2, 0) is 7.05 Å². The molecule has 0 saturated carbocycles. The van der Waals surface area contributed by atoms with E-state index in [4.69, 9.17) is 4.74 Å². The third kappa shape index (κ3) is 1.97. The molecule has 6 nitrogen and oxygen atoms in total. The van der Waals surface area contributed by atoms with Gasteiger partial charge in [0.25, 0.3) is 5.56 Å². The fourth-order valence-corrected chi connectivity index (χ4v) is 3.74. The van der Waals surface area contributed by atoms with Gasteiger partial charge < -0.3 is 14.2 Å². The molecule has 2 aliphatic heterocycles. The highest BCUT2D eigenvalue weighted by atomic mass is 19.1. The monoisotopic (exact) mass is 332 g/mol. The molecule has 0 aliphatic carbocycles. The molecule has 2 aromatic rings. The van der Waals surface area contributed by atoms with Crippen LogP contribution in [0.3, 0.4) is 0 Å². The first-order chi connectivity index (χ1) is 11.4. The van der Waals surface area contributed by atoms with Gasteiger partial charge in [-0.1, -0.05) is 0 Å². The van der Waals surface area contributed by atoms with E-state index in [9.17, 15) is 9.18 Å².